The van der Waals surface area contributed by atoms with Crippen molar-refractivity contribution in [3.8, 4) is 5.75 Å². The number of halogens is 4. The number of esters is 1. The summed E-state index contributed by atoms with van der Waals surface area (Å²) in [5, 5.41) is 18.1. The summed E-state index contributed by atoms with van der Waals surface area (Å²) in [5.41, 5.74) is -3.74. The number of ether oxygens (including phenoxy) is 2. The van der Waals surface area contributed by atoms with E-state index in [4.69, 9.17) is 30.6 Å². The van der Waals surface area contributed by atoms with Crippen LogP contribution in [0.15, 0.2) is 124 Å². The van der Waals surface area contributed by atoms with Crippen LogP contribution in [0.4, 0.5) is 13.2 Å². The number of carbonyl (C=O) groups is 3. The second kappa shape index (κ2) is 26.0. The lowest BCUT2D eigenvalue weighted by atomic mass is 9.44. The number of alkyl halides is 3. The van der Waals surface area contributed by atoms with Gasteiger partial charge in [-0.15, -0.1) is 0 Å². The number of nitrogens with zero attached hydrogens (tertiary/aromatic N) is 4. The number of thioether (sulfide) groups is 1. The van der Waals surface area contributed by atoms with E-state index in [1.165, 1.54) is 88.2 Å². The Bertz CT molecular complexity index is 3210. The van der Waals surface area contributed by atoms with Gasteiger partial charge in [0.1, 0.15) is 17.9 Å². The van der Waals surface area contributed by atoms with Crippen molar-refractivity contribution in [2.45, 2.75) is 147 Å². The number of likely N-dealkylation sites (tertiary alicyclic amines) is 2. The van der Waals surface area contributed by atoms with E-state index < -0.39 is 75.0 Å². The number of fused-ring (bicyclic) bond motifs is 6. The van der Waals surface area contributed by atoms with Crippen LogP contribution in [0.1, 0.15) is 125 Å². The van der Waals surface area contributed by atoms with Gasteiger partial charge in [-0.3, -0.25) is 19.3 Å². The molecule has 2 saturated heterocycles. The molecule has 1 N–H and O–H groups in total. The fraction of sp³-hybridized carbons (Fsp3) is 0.530. The van der Waals surface area contributed by atoms with Gasteiger partial charge in [-0.05, 0) is 193 Å². The van der Waals surface area contributed by atoms with Gasteiger partial charge in [0, 0.05) is 52.1 Å². The summed E-state index contributed by atoms with van der Waals surface area (Å²) in [6.07, 6.45) is 14.0. The molecule has 0 unspecified atom stereocenters. The van der Waals surface area contributed by atoms with Crippen LogP contribution in [0.25, 0.3) is 10.8 Å². The molecule has 0 amide bonds. The zero-order valence-electron chi connectivity index (χ0n) is 47.9. The average Bonchev–Trinajstić information content (AvgIpc) is 1.68. The molecule has 6 aliphatic rings. The largest absolute Gasteiger partial charge is 0.494 e. The maximum Gasteiger partial charge on any atom is 0.375 e. The fourth-order valence-corrected chi connectivity index (χ4v) is 16.1. The molecule has 444 valence electrons. The zero-order valence-corrected chi connectivity index (χ0v) is 49.5. The maximum absolute atomic E-state index is 17.4. The van der Waals surface area contributed by atoms with Crippen LogP contribution in [0.2, 0.25) is 5.02 Å². The van der Waals surface area contributed by atoms with Gasteiger partial charge in [-0.2, -0.15) is 5.10 Å². The van der Waals surface area contributed by atoms with Crippen molar-refractivity contribution in [3.63, 3.8) is 0 Å². The topological polar surface area (TPSA) is 144 Å². The van der Waals surface area contributed by atoms with Gasteiger partial charge in [0.2, 0.25) is 10.9 Å². The van der Waals surface area contributed by atoms with Crippen LogP contribution in [-0.4, -0.2) is 116 Å². The number of carbonyl (C=O) groups excluding carboxylic acids is 3. The lowest BCUT2D eigenvalue weighted by Crippen LogP contribution is -2.70. The van der Waals surface area contributed by atoms with E-state index in [-0.39, 0.29) is 36.2 Å². The molecular weight excluding hydrogens is 1100 g/mol. The fourth-order valence-electron chi connectivity index (χ4n) is 15.2. The molecule has 0 bridgehead atoms. The van der Waals surface area contributed by atoms with Gasteiger partial charge in [0.05, 0.1) is 36.6 Å². The number of hydrogen-bond acceptors (Lipinski definition) is 12. The number of aryl methyl sites for hydroxylation is 1. The van der Waals surface area contributed by atoms with Crippen LogP contribution >= 0.6 is 23.4 Å². The van der Waals surface area contributed by atoms with Crippen molar-refractivity contribution in [2.24, 2.45) is 28.6 Å². The first kappa shape index (κ1) is 60.6. The lowest BCUT2D eigenvalue weighted by molar-refractivity contribution is -0.221. The quantitative estimate of drug-likeness (QED) is 0.0658. The number of allylic oxidation sites excluding steroid dienone is 4. The SMILES string of the molecule is C[C@@H]1C[C@H]2[C@@H]3C[C@H](F)C4=CC(=O)C=C[C@]4(C)[C@@]3(F)[C@@H](O)C[C@]2(C)[C@@]1(OC(=O)c1ccco1)C(=O)SCF.O=c1c2ccccc2c(Cc2ccc(Cl)cc2)nn1C[C@H]1CCCN1CCCCc1ccc(OCCCN2CCCCCC2)cc1. The Kier molecular flexibility index (Phi) is 19.0. The maximum atomic E-state index is 17.4. The Morgan fingerprint density at radius 1 is 0.867 bits per heavy atom. The van der Waals surface area contributed by atoms with Gasteiger partial charge < -0.3 is 23.9 Å². The first-order valence-corrected chi connectivity index (χ1v) is 31.2. The normalized spacial score (nSPS) is 29.7. The van der Waals surface area contributed by atoms with Crippen LogP contribution < -0.4 is 10.3 Å². The smallest absolute Gasteiger partial charge is 0.375 e. The summed E-state index contributed by atoms with van der Waals surface area (Å²) in [4.78, 5) is 57.4. The van der Waals surface area contributed by atoms with Crippen LogP contribution in [-0.2, 0) is 33.7 Å². The monoisotopic (exact) mass is 1180 g/mol. The summed E-state index contributed by atoms with van der Waals surface area (Å²) in [6, 6.07) is 26.6. The standard InChI is InChI=1S/C39H49ClN4O2.C27H29F3O6S/c40-33-19-15-32(16-20-33)29-38-36-13-3-4-14-37(36)39(45)44(41-38)30-34-12-9-27-43(34)26-8-5-11-31-17-21-35(22-18-31)46-28-10-25-42-23-6-1-2-7-24-42;1-14-9-16-17-11-19(29)18-10-15(31)6-7-24(18,2)26(17,30)21(32)12-25(16,3)27(14,23(34)37-13-28)36-22(33)20-5-4-8-35-20/h3-4,13-22,34H,1-2,5-12,23-30H2;4-8,10,14,16-17,19,21,32H,9,11-13H2,1-3H3/t34-;14-,16+,17+,19+,21+,24+,25+,26+,27+/m11/s1. The molecule has 0 radical (unpaired) electrons. The molecule has 83 heavy (non-hydrogen) atoms. The number of aliphatic hydroxyl groups excluding tert-OH is 1. The predicted octanol–water partition coefficient (Wildman–Crippen LogP) is 12.7. The molecule has 11 rings (SSSR count). The molecule has 2 aliphatic heterocycles. The van der Waals surface area contributed by atoms with Crippen LogP contribution in [0.5, 0.6) is 5.75 Å². The minimum absolute atomic E-state index is 0.00661. The molecule has 12 nitrogen and oxygen atoms in total. The van der Waals surface area contributed by atoms with E-state index >= 15 is 8.78 Å². The van der Waals surface area contributed by atoms with E-state index in [2.05, 4.69) is 34.1 Å². The van der Waals surface area contributed by atoms with E-state index in [0.29, 0.717) is 30.8 Å². The van der Waals surface area contributed by atoms with Crippen molar-refractivity contribution in [3.05, 3.63) is 153 Å². The zero-order chi connectivity index (χ0) is 58.5. The number of rotatable bonds is 18. The van der Waals surface area contributed by atoms with Gasteiger partial charge >= 0.3 is 5.97 Å². The number of aromatic nitrogens is 2. The summed E-state index contributed by atoms with van der Waals surface area (Å²) in [7, 11) is 0. The third-order valence-electron chi connectivity index (χ3n) is 19.4. The summed E-state index contributed by atoms with van der Waals surface area (Å²) >= 11 is 6.47. The molecule has 0 spiro atoms. The van der Waals surface area contributed by atoms with Gasteiger partial charge in [0.25, 0.3) is 5.56 Å². The molecule has 2 aromatic heterocycles. The number of unbranched alkanes of at least 4 members (excludes halogenated alkanes) is 1. The van der Waals surface area contributed by atoms with E-state index in [1.807, 2.05) is 48.5 Å². The summed E-state index contributed by atoms with van der Waals surface area (Å²) in [6.45, 7) is 12.0. The number of hydrogen-bond donors (Lipinski definition) is 1. The van der Waals surface area contributed by atoms with Gasteiger partial charge in [0.15, 0.2) is 17.1 Å². The van der Waals surface area contributed by atoms with Crippen LogP contribution in [0, 0.1) is 28.6 Å². The van der Waals surface area contributed by atoms with E-state index in [0.717, 1.165) is 97.2 Å². The average molecular weight is 1180 g/mol. The second-order valence-corrected chi connectivity index (χ2v) is 25.6. The number of benzene rings is 3. The molecule has 17 heteroatoms. The minimum Gasteiger partial charge on any atom is -0.494 e. The third kappa shape index (κ3) is 12.2. The Morgan fingerprint density at radius 3 is 2.33 bits per heavy atom. The van der Waals surface area contributed by atoms with Crippen molar-refractivity contribution in [2.75, 3.05) is 45.3 Å². The second-order valence-electron chi connectivity index (χ2n) is 24.3. The number of aliphatic hydroxyl groups is 1. The Labute approximate surface area is 494 Å². The van der Waals surface area contributed by atoms with Crippen molar-refractivity contribution in [1.82, 2.24) is 19.6 Å². The lowest BCUT2D eigenvalue weighted by Gasteiger charge is -2.63. The molecule has 3 saturated carbocycles. The van der Waals surface area contributed by atoms with Crippen molar-refractivity contribution in [1.29, 1.82) is 0 Å². The third-order valence-corrected chi connectivity index (χ3v) is 20.3. The first-order chi connectivity index (χ1) is 40.0. The Hall–Kier alpha value is -5.52. The summed E-state index contributed by atoms with van der Waals surface area (Å²) < 4.78 is 65.3. The van der Waals surface area contributed by atoms with Gasteiger partial charge in [-0.25, -0.2) is 22.6 Å². The number of furan rings is 1. The highest BCUT2D eigenvalue weighted by atomic mass is 35.5. The first-order valence-electron chi connectivity index (χ1n) is 29.9. The predicted molar refractivity (Wildman–Crippen MR) is 318 cm³/mol. The highest BCUT2D eigenvalue weighted by Gasteiger charge is 2.78. The molecule has 5 fully saturated rings. The van der Waals surface area contributed by atoms with Crippen molar-refractivity contribution < 1.29 is 46.6 Å². The highest BCUT2D eigenvalue weighted by molar-refractivity contribution is 8.13. The molecule has 10 atom stereocenters. The molecule has 3 aromatic carbocycles. The van der Waals surface area contributed by atoms with E-state index in [9.17, 15) is 28.7 Å². The highest BCUT2D eigenvalue weighted by Crippen LogP contribution is 2.72. The van der Waals surface area contributed by atoms with Crippen molar-refractivity contribution >= 4 is 51.0 Å². The Morgan fingerprint density at radius 2 is 1.60 bits per heavy atom. The summed E-state index contributed by atoms with van der Waals surface area (Å²) in [5.74, 6) is -3.00. The van der Waals surface area contributed by atoms with Gasteiger partial charge in [-0.1, -0.05) is 86.8 Å². The van der Waals surface area contributed by atoms with E-state index in [1.54, 1.807) is 18.5 Å². The van der Waals surface area contributed by atoms with Crippen LogP contribution in [0.3, 0.4) is 0 Å². The molecule has 5 aromatic rings. The Balaban J connectivity index is 0.000000190. The molecule has 4 heterocycles. The molecular formula is C66H78ClF3N4O8S. The molecule has 4 aliphatic carbocycles. The number of ketones is 1. The minimum atomic E-state index is -2.35.